The van der Waals surface area contributed by atoms with Crippen LogP contribution in [-0.2, 0) is 4.79 Å². The van der Waals surface area contributed by atoms with Gasteiger partial charge in [-0.2, -0.15) is 0 Å². The predicted molar refractivity (Wildman–Crippen MR) is 119 cm³/mol. The van der Waals surface area contributed by atoms with Crippen LogP contribution in [0, 0.1) is 0 Å². The molecule has 0 bridgehead atoms. The highest BCUT2D eigenvalue weighted by Crippen LogP contribution is 2.39. The first-order chi connectivity index (χ1) is 14.0. The second-order valence-electron chi connectivity index (χ2n) is 6.61. The summed E-state index contributed by atoms with van der Waals surface area (Å²) in [6.07, 6.45) is 1.52. The van der Waals surface area contributed by atoms with Crippen LogP contribution in [0.3, 0.4) is 0 Å². The van der Waals surface area contributed by atoms with E-state index in [0.29, 0.717) is 36.0 Å². The van der Waals surface area contributed by atoms with Crippen molar-refractivity contribution in [3.63, 3.8) is 0 Å². The third-order valence-corrected chi connectivity index (χ3v) is 5.09. The Kier molecular flexibility index (Phi) is 6.89. The summed E-state index contributed by atoms with van der Waals surface area (Å²) < 4.78 is 11.8. The lowest BCUT2D eigenvalue weighted by Crippen LogP contribution is -2.24. The Morgan fingerprint density at radius 1 is 0.931 bits per heavy atom. The normalized spacial score (nSPS) is 12.2. The van der Waals surface area contributed by atoms with Crippen LogP contribution in [-0.4, -0.2) is 35.1 Å². The highest BCUT2D eigenvalue weighted by atomic mass is 127. The monoisotopic (exact) mass is 507 g/mol. The lowest BCUT2D eigenvalue weighted by Gasteiger charge is -2.23. The number of nitrogens with one attached hydrogen (secondary N) is 1. The van der Waals surface area contributed by atoms with E-state index in [-0.39, 0.29) is 38.6 Å². The summed E-state index contributed by atoms with van der Waals surface area (Å²) in [6.45, 7) is 4.76. The summed E-state index contributed by atoms with van der Waals surface area (Å²) in [5.74, 6) is -0.0978. The Bertz CT molecular complexity index is 970. The van der Waals surface area contributed by atoms with Crippen LogP contribution < -0.4 is 14.8 Å². The summed E-state index contributed by atoms with van der Waals surface area (Å²) in [5, 5.41) is 2.74. The van der Waals surface area contributed by atoms with Gasteiger partial charge in [-0.25, -0.2) is 0 Å². The molecule has 7 heteroatoms. The Labute approximate surface area is 183 Å². The van der Waals surface area contributed by atoms with Gasteiger partial charge in [0.15, 0.2) is 5.78 Å². The number of halogens is 1. The Balaban J connectivity index is 2.15. The molecule has 2 aromatic carbocycles. The molecule has 6 nitrogen and oxygen atoms in total. The van der Waals surface area contributed by atoms with E-state index in [2.05, 4.69) is 5.32 Å². The van der Waals surface area contributed by atoms with E-state index in [1.54, 1.807) is 30.3 Å². The fraction of sp³-hybridized carbons (Fsp3) is 0.318. The van der Waals surface area contributed by atoms with Gasteiger partial charge < -0.3 is 14.8 Å². The zero-order chi connectivity index (χ0) is 21.0. The quantitative estimate of drug-likeness (QED) is 0.361. The van der Waals surface area contributed by atoms with Crippen molar-refractivity contribution in [3.8, 4) is 11.5 Å². The van der Waals surface area contributed by atoms with Crippen LogP contribution in [0.4, 0.5) is 5.69 Å². The molecule has 0 saturated carbocycles. The molecule has 3 rings (SSSR count). The minimum absolute atomic E-state index is 0.197. The van der Waals surface area contributed by atoms with Crippen LogP contribution in [0.5, 0.6) is 11.5 Å². The number of rotatable bonds is 8. The molecule has 0 fully saturated rings. The van der Waals surface area contributed by atoms with E-state index in [9.17, 15) is 14.4 Å². The lowest BCUT2D eigenvalue weighted by atomic mass is 9.82. The van der Waals surface area contributed by atoms with E-state index in [1.807, 2.05) is 36.4 Å². The molecule has 0 unspecified atom stereocenters. The van der Waals surface area contributed by atoms with Gasteiger partial charge >= 0.3 is 0 Å². The van der Waals surface area contributed by atoms with Gasteiger partial charge in [-0.15, -0.1) is 0 Å². The number of benzene rings is 2. The molecule has 0 spiro atoms. The number of hydrogen-bond donors (Lipinski definition) is 1. The lowest BCUT2D eigenvalue weighted by molar-refractivity contribution is -0.113. The number of anilines is 1. The second-order valence-corrected chi connectivity index (χ2v) is 7.38. The van der Waals surface area contributed by atoms with Crippen molar-refractivity contribution >= 4 is 45.8 Å². The predicted octanol–water partition coefficient (Wildman–Crippen LogP) is 4.41. The van der Waals surface area contributed by atoms with Crippen LogP contribution in [0.2, 0.25) is 0 Å². The number of fused-ring (bicyclic) bond motifs is 2. The van der Waals surface area contributed by atoms with E-state index >= 15 is 0 Å². The number of ketones is 2. The van der Waals surface area contributed by atoms with Gasteiger partial charge in [0.25, 0.3) is 0 Å². The number of alkyl halides is 1. The standard InChI is InChI=1S/C22H22INO5/c1-3-8-28-16-7-5-6-14-19(16)22(27)20-15(21(14)26)10-13(24-18(25)12-23)11-17(20)29-9-4-2/h5-7,10-11H,3-4,8-9,12H2,1-2H3,(H,24,25). The number of carbonyl (C=O) groups excluding carboxylic acids is 3. The van der Waals surface area contributed by atoms with Crippen molar-refractivity contribution in [2.24, 2.45) is 0 Å². The van der Waals surface area contributed by atoms with Crippen molar-refractivity contribution in [2.75, 3.05) is 23.0 Å². The Morgan fingerprint density at radius 3 is 2.24 bits per heavy atom. The molecule has 1 amide bonds. The molecule has 0 saturated heterocycles. The van der Waals surface area contributed by atoms with Crippen LogP contribution >= 0.6 is 22.6 Å². The highest BCUT2D eigenvalue weighted by molar-refractivity contribution is 14.1. The molecular formula is C22H22INO5. The molecule has 0 radical (unpaired) electrons. The Hall–Kier alpha value is -2.42. The maximum absolute atomic E-state index is 13.4. The highest BCUT2D eigenvalue weighted by Gasteiger charge is 2.35. The number of amides is 1. The van der Waals surface area contributed by atoms with Crippen molar-refractivity contribution in [1.29, 1.82) is 0 Å². The summed E-state index contributed by atoms with van der Waals surface area (Å²) in [4.78, 5) is 38.5. The zero-order valence-corrected chi connectivity index (χ0v) is 18.5. The maximum Gasteiger partial charge on any atom is 0.234 e. The molecule has 29 heavy (non-hydrogen) atoms. The van der Waals surface area contributed by atoms with Crippen molar-refractivity contribution in [2.45, 2.75) is 26.7 Å². The molecule has 0 heterocycles. The topological polar surface area (TPSA) is 81.7 Å². The number of carbonyl (C=O) groups is 3. The van der Waals surface area contributed by atoms with E-state index in [1.165, 1.54) is 0 Å². The second kappa shape index (κ2) is 9.39. The third kappa shape index (κ3) is 4.29. The molecule has 152 valence electrons. The average molecular weight is 507 g/mol. The van der Waals surface area contributed by atoms with Gasteiger partial charge in [0, 0.05) is 22.9 Å². The molecular weight excluding hydrogens is 485 g/mol. The zero-order valence-electron chi connectivity index (χ0n) is 16.3. The van der Waals surface area contributed by atoms with Gasteiger partial charge in [0.1, 0.15) is 11.5 Å². The first-order valence-corrected chi connectivity index (χ1v) is 11.1. The van der Waals surface area contributed by atoms with Crippen LogP contribution in [0.15, 0.2) is 30.3 Å². The molecule has 0 aromatic heterocycles. The molecule has 0 aliphatic heterocycles. The van der Waals surface area contributed by atoms with Gasteiger partial charge in [-0.3, -0.25) is 14.4 Å². The van der Waals surface area contributed by atoms with E-state index in [4.69, 9.17) is 9.47 Å². The smallest absolute Gasteiger partial charge is 0.234 e. The SMILES string of the molecule is CCCOc1cccc2c1C(=O)c1c(OCCC)cc(NC(=O)CI)cc1C2=O. The molecule has 1 aliphatic rings. The maximum atomic E-state index is 13.4. The fourth-order valence-electron chi connectivity index (χ4n) is 3.18. The van der Waals surface area contributed by atoms with Crippen molar-refractivity contribution in [1.82, 2.24) is 0 Å². The molecule has 1 aliphatic carbocycles. The van der Waals surface area contributed by atoms with E-state index < -0.39 is 0 Å². The summed E-state index contributed by atoms with van der Waals surface area (Å²) in [5.41, 5.74) is 1.45. The molecule has 2 aromatic rings. The van der Waals surface area contributed by atoms with Gasteiger partial charge in [-0.1, -0.05) is 48.6 Å². The van der Waals surface area contributed by atoms with Gasteiger partial charge in [-0.05, 0) is 25.0 Å². The summed E-state index contributed by atoms with van der Waals surface area (Å²) >= 11 is 1.96. The van der Waals surface area contributed by atoms with Crippen LogP contribution in [0.1, 0.15) is 58.5 Å². The Morgan fingerprint density at radius 2 is 1.59 bits per heavy atom. The molecule has 0 atom stereocenters. The molecule has 1 N–H and O–H groups in total. The number of ether oxygens (including phenoxy) is 2. The van der Waals surface area contributed by atoms with Crippen LogP contribution in [0.25, 0.3) is 0 Å². The third-order valence-electron chi connectivity index (χ3n) is 4.40. The largest absolute Gasteiger partial charge is 0.493 e. The fourth-order valence-corrected chi connectivity index (χ4v) is 3.37. The first-order valence-electron chi connectivity index (χ1n) is 9.53. The average Bonchev–Trinajstić information content (AvgIpc) is 2.73. The summed E-state index contributed by atoms with van der Waals surface area (Å²) in [6, 6.07) is 8.17. The van der Waals surface area contributed by atoms with Gasteiger partial charge in [0.05, 0.1) is 28.8 Å². The summed E-state index contributed by atoms with van der Waals surface area (Å²) in [7, 11) is 0. The van der Waals surface area contributed by atoms with Crippen molar-refractivity contribution in [3.05, 3.63) is 52.6 Å². The minimum atomic E-state index is -0.306. The van der Waals surface area contributed by atoms with Crippen molar-refractivity contribution < 1.29 is 23.9 Å². The van der Waals surface area contributed by atoms with E-state index in [0.717, 1.165) is 12.8 Å². The minimum Gasteiger partial charge on any atom is -0.493 e. The first kappa shape index (κ1) is 21.3. The number of hydrogen-bond acceptors (Lipinski definition) is 5. The van der Waals surface area contributed by atoms with Gasteiger partial charge in [0.2, 0.25) is 11.7 Å².